The number of nitrogens with zero attached hydrogens (tertiary/aromatic N) is 2. The minimum Gasteiger partial charge on any atom is -0.345 e. The highest BCUT2D eigenvalue weighted by Crippen LogP contribution is 1.99. The molecule has 0 bridgehead atoms. The lowest BCUT2D eigenvalue weighted by Crippen LogP contribution is -2.31. The zero-order chi connectivity index (χ0) is 12.5. The molecule has 4 nitrogen and oxygen atoms in total. The summed E-state index contributed by atoms with van der Waals surface area (Å²) in [5, 5.41) is 3.15. The summed E-state index contributed by atoms with van der Waals surface area (Å²) in [6.45, 7) is 4.47. The van der Waals surface area contributed by atoms with Gasteiger partial charge >= 0.3 is 0 Å². The molecule has 4 heteroatoms. The van der Waals surface area contributed by atoms with Gasteiger partial charge in [-0.05, 0) is 30.7 Å². The molecule has 1 N–H and O–H groups in total. The molecule has 0 saturated heterocycles. The van der Waals surface area contributed by atoms with Gasteiger partial charge in [-0.15, -0.1) is 0 Å². The van der Waals surface area contributed by atoms with Gasteiger partial charge in [-0.3, -0.25) is 9.78 Å². The third-order valence-electron chi connectivity index (χ3n) is 2.68. The van der Waals surface area contributed by atoms with Gasteiger partial charge in [-0.25, -0.2) is 0 Å². The summed E-state index contributed by atoms with van der Waals surface area (Å²) in [7, 11) is 1.86. The summed E-state index contributed by atoms with van der Waals surface area (Å²) in [6, 6.07) is 3.97. The Kier molecular flexibility index (Phi) is 6.25. The first-order chi connectivity index (χ1) is 8.24. The second kappa shape index (κ2) is 7.79. The van der Waals surface area contributed by atoms with Crippen molar-refractivity contribution in [3.05, 3.63) is 30.1 Å². The zero-order valence-electron chi connectivity index (χ0n) is 10.6. The predicted octanol–water partition coefficient (Wildman–Crippen LogP) is 1.08. The van der Waals surface area contributed by atoms with Crippen LogP contribution < -0.4 is 5.32 Å². The standard InChI is InChI=1S/C13H21N3O/c1-3-14-10-6-13(17)16(2)11-7-12-4-8-15-9-5-12/h4-5,8-9,14H,3,6-7,10-11H2,1-2H3. The van der Waals surface area contributed by atoms with Crippen LogP contribution >= 0.6 is 0 Å². The largest absolute Gasteiger partial charge is 0.345 e. The molecule has 0 spiro atoms. The average molecular weight is 235 g/mol. The molecule has 0 aliphatic heterocycles. The lowest BCUT2D eigenvalue weighted by Gasteiger charge is -2.17. The molecule has 94 valence electrons. The van der Waals surface area contributed by atoms with Crippen molar-refractivity contribution in [3.63, 3.8) is 0 Å². The second-order valence-corrected chi connectivity index (χ2v) is 4.02. The van der Waals surface area contributed by atoms with E-state index in [9.17, 15) is 4.79 Å². The van der Waals surface area contributed by atoms with E-state index in [1.165, 1.54) is 5.56 Å². The van der Waals surface area contributed by atoms with Gasteiger partial charge in [0, 0.05) is 39.0 Å². The van der Waals surface area contributed by atoms with E-state index >= 15 is 0 Å². The Morgan fingerprint density at radius 1 is 1.41 bits per heavy atom. The van der Waals surface area contributed by atoms with Gasteiger partial charge in [0.05, 0.1) is 0 Å². The molecule has 1 amide bonds. The van der Waals surface area contributed by atoms with Crippen molar-refractivity contribution in [2.24, 2.45) is 0 Å². The highest BCUT2D eigenvalue weighted by molar-refractivity contribution is 5.76. The fourth-order valence-corrected chi connectivity index (χ4v) is 1.53. The van der Waals surface area contributed by atoms with Crippen LogP contribution in [0.5, 0.6) is 0 Å². The van der Waals surface area contributed by atoms with Crippen LogP contribution in [0.25, 0.3) is 0 Å². The van der Waals surface area contributed by atoms with Gasteiger partial charge in [0.1, 0.15) is 0 Å². The van der Waals surface area contributed by atoms with Crippen LogP contribution in [0.4, 0.5) is 0 Å². The summed E-state index contributed by atoms with van der Waals surface area (Å²) < 4.78 is 0. The zero-order valence-corrected chi connectivity index (χ0v) is 10.6. The predicted molar refractivity (Wildman–Crippen MR) is 68.7 cm³/mol. The Balaban J connectivity index is 2.24. The molecule has 1 aromatic rings. The van der Waals surface area contributed by atoms with E-state index < -0.39 is 0 Å². The molecule has 17 heavy (non-hydrogen) atoms. The number of carbonyl (C=O) groups excluding carboxylic acids is 1. The van der Waals surface area contributed by atoms with E-state index in [2.05, 4.69) is 10.3 Å². The van der Waals surface area contributed by atoms with Crippen molar-refractivity contribution in [2.75, 3.05) is 26.7 Å². The number of amides is 1. The molecule has 0 saturated carbocycles. The van der Waals surface area contributed by atoms with E-state index in [1.807, 2.05) is 26.1 Å². The van der Waals surface area contributed by atoms with Gasteiger partial charge in [0.15, 0.2) is 0 Å². The third-order valence-corrected chi connectivity index (χ3v) is 2.68. The van der Waals surface area contributed by atoms with Crippen LogP contribution in [-0.2, 0) is 11.2 Å². The maximum Gasteiger partial charge on any atom is 0.223 e. The van der Waals surface area contributed by atoms with E-state index in [0.717, 1.165) is 26.1 Å². The van der Waals surface area contributed by atoms with E-state index in [-0.39, 0.29) is 5.91 Å². The molecule has 0 aliphatic carbocycles. The van der Waals surface area contributed by atoms with E-state index in [0.29, 0.717) is 6.42 Å². The quantitative estimate of drug-likeness (QED) is 0.719. The Hall–Kier alpha value is -1.42. The molecule has 1 rings (SSSR count). The number of aromatic nitrogens is 1. The minimum absolute atomic E-state index is 0.194. The molecular formula is C13H21N3O. The van der Waals surface area contributed by atoms with Crippen LogP contribution in [0.3, 0.4) is 0 Å². The Morgan fingerprint density at radius 2 is 2.12 bits per heavy atom. The molecule has 0 radical (unpaired) electrons. The van der Waals surface area contributed by atoms with Crippen molar-refractivity contribution >= 4 is 5.91 Å². The molecule has 1 aromatic heterocycles. The van der Waals surface area contributed by atoms with Crippen LogP contribution in [0, 0.1) is 0 Å². The van der Waals surface area contributed by atoms with Crippen LogP contribution in [-0.4, -0.2) is 42.5 Å². The van der Waals surface area contributed by atoms with Gasteiger partial charge < -0.3 is 10.2 Å². The van der Waals surface area contributed by atoms with Gasteiger partial charge in [0.25, 0.3) is 0 Å². The van der Waals surface area contributed by atoms with Gasteiger partial charge in [-0.2, -0.15) is 0 Å². The number of hydrogen-bond acceptors (Lipinski definition) is 3. The smallest absolute Gasteiger partial charge is 0.223 e. The van der Waals surface area contributed by atoms with Crippen LogP contribution in [0.2, 0.25) is 0 Å². The SMILES string of the molecule is CCNCCC(=O)N(C)CCc1ccncc1. The summed E-state index contributed by atoms with van der Waals surface area (Å²) in [4.78, 5) is 17.5. The van der Waals surface area contributed by atoms with Gasteiger partial charge in [-0.1, -0.05) is 6.92 Å². The number of rotatable bonds is 7. The third kappa shape index (κ3) is 5.45. The number of nitrogens with one attached hydrogen (secondary N) is 1. The lowest BCUT2D eigenvalue weighted by atomic mass is 10.2. The Morgan fingerprint density at radius 3 is 2.76 bits per heavy atom. The monoisotopic (exact) mass is 235 g/mol. The summed E-state index contributed by atoms with van der Waals surface area (Å²) in [6.07, 6.45) is 5.01. The van der Waals surface area contributed by atoms with Crippen LogP contribution in [0.15, 0.2) is 24.5 Å². The number of carbonyl (C=O) groups is 1. The number of hydrogen-bond donors (Lipinski definition) is 1. The molecule has 0 unspecified atom stereocenters. The fraction of sp³-hybridized carbons (Fsp3) is 0.538. The van der Waals surface area contributed by atoms with Crippen molar-refractivity contribution < 1.29 is 4.79 Å². The van der Waals surface area contributed by atoms with Crippen molar-refractivity contribution in [1.29, 1.82) is 0 Å². The molecule has 0 fully saturated rings. The van der Waals surface area contributed by atoms with E-state index in [4.69, 9.17) is 0 Å². The van der Waals surface area contributed by atoms with Crippen molar-refractivity contribution in [2.45, 2.75) is 19.8 Å². The summed E-state index contributed by atoms with van der Waals surface area (Å²) in [5.41, 5.74) is 1.21. The Labute approximate surface area is 103 Å². The maximum atomic E-state index is 11.7. The highest BCUT2D eigenvalue weighted by atomic mass is 16.2. The average Bonchev–Trinajstić information content (AvgIpc) is 2.37. The van der Waals surface area contributed by atoms with Crippen LogP contribution in [0.1, 0.15) is 18.9 Å². The summed E-state index contributed by atoms with van der Waals surface area (Å²) >= 11 is 0. The number of pyridine rings is 1. The van der Waals surface area contributed by atoms with Gasteiger partial charge in [0.2, 0.25) is 5.91 Å². The molecule has 0 aliphatic rings. The maximum absolute atomic E-state index is 11.7. The lowest BCUT2D eigenvalue weighted by molar-refractivity contribution is -0.129. The van der Waals surface area contributed by atoms with Crippen molar-refractivity contribution in [3.8, 4) is 0 Å². The Bertz CT molecular complexity index is 327. The highest BCUT2D eigenvalue weighted by Gasteiger charge is 2.07. The second-order valence-electron chi connectivity index (χ2n) is 4.02. The topological polar surface area (TPSA) is 45.2 Å². The molecular weight excluding hydrogens is 214 g/mol. The first kappa shape index (κ1) is 13.6. The molecule has 0 aromatic carbocycles. The minimum atomic E-state index is 0.194. The fourth-order valence-electron chi connectivity index (χ4n) is 1.53. The normalized spacial score (nSPS) is 10.2. The van der Waals surface area contributed by atoms with Crippen molar-refractivity contribution in [1.82, 2.24) is 15.2 Å². The number of likely N-dealkylation sites (N-methyl/N-ethyl adjacent to an activating group) is 1. The first-order valence-corrected chi connectivity index (χ1v) is 6.07. The first-order valence-electron chi connectivity index (χ1n) is 6.07. The molecule has 0 atom stereocenters. The molecule has 1 heterocycles. The van der Waals surface area contributed by atoms with E-state index in [1.54, 1.807) is 17.3 Å². The summed E-state index contributed by atoms with van der Waals surface area (Å²) in [5.74, 6) is 0.194.